The summed E-state index contributed by atoms with van der Waals surface area (Å²) in [5, 5.41) is 0. The molecule has 0 saturated carbocycles. The third-order valence-electron chi connectivity index (χ3n) is 5.32. The molecule has 1 aliphatic rings. The van der Waals surface area contributed by atoms with E-state index in [-0.39, 0.29) is 13.2 Å². The molecule has 0 amide bonds. The van der Waals surface area contributed by atoms with Gasteiger partial charge < -0.3 is 28.4 Å². The summed E-state index contributed by atoms with van der Waals surface area (Å²) < 4.78 is 35.1. The van der Waals surface area contributed by atoms with Gasteiger partial charge >= 0.3 is 23.9 Å². The van der Waals surface area contributed by atoms with Crippen LogP contribution in [0.3, 0.4) is 0 Å². The van der Waals surface area contributed by atoms with E-state index in [9.17, 15) is 19.2 Å². The molecule has 1 saturated heterocycles. The van der Waals surface area contributed by atoms with Crippen LogP contribution in [0.4, 0.5) is 0 Å². The number of pyridine rings is 1. The van der Waals surface area contributed by atoms with Crippen molar-refractivity contribution in [2.24, 2.45) is 0 Å². The van der Waals surface area contributed by atoms with Crippen LogP contribution in [0, 0.1) is 0 Å². The van der Waals surface area contributed by atoms with Gasteiger partial charge in [-0.15, -0.1) is 0 Å². The van der Waals surface area contributed by atoms with E-state index < -0.39 is 54.6 Å². The van der Waals surface area contributed by atoms with Crippen LogP contribution < -0.4 is 4.57 Å². The van der Waals surface area contributed by atoms with E-state index in [0.717, 1.165) is 25.8 Å². The summed E-state index contributed by atoms with van der Waals surface area (Å²) in [4.78, 5) is 46.8. The highest BCUT2D eigenvalue weighted by atomic mass is 16.7. The van der Waals surface area contributed by atoms with E-state index in [4.69, 9.17) is 28.4 Å². The van der Waals surface area contributed by atoms with Gasteiger partial charge in [0.15, 0.2) is 37.0 Å². The number of hydrogen-bond acceptors (Lipinski definition) is 10. The van der Waals surface area contributed by atoms with Gasteiger partial charge in [0.1, 0.15) is 19.3 Å². The third-order valence-corrected chi connectivity index (χ3v) is 5.32. The smallest absolute Gasteiger partial charge is 0.303 e. The van der Waals surface area contributed by atoms with Crippen molar-refractivity contribution in [3.63, 3.8) is 0 Å². The van der Waals surface area contributed by atoms with Crippen LogP contribution in [-0.2, 0) is 54.1 Å². The molecule has 0 N–H and O–H groups in total. The first-order valence-electron chi connectivity index (χ1n) is 12.0. The molecule has 0 unspecified atom stereocenters. The molecule has 2 rings (SSSR count). The largest absolute Gasteiger partial charge is 0.463 e. The number of aryl methyl sites for hydroxylation is 1. The Balaban J connectivity index is 2.03. The van der Waals surface area contributed by atoms with Crippen molar-refractivity contribution in [1.82, 2.24) is 0 Å². The Bertz CT molecular complexity index is 862. The zero-order chi connectivity index (χ0) is 26.5. The van der Waals surface area contributed by atoms with Crippen LogP contribution in [0.25, 0.3) is 0 Å². The maximum Gasteiger partial charge on any atom is 0.303 e. The molecule has 0 bridgehead atoms. The number of carbonyl (C=O) groups excluding carboxylic acids is 4. The minimum absolute atomic E-state index is 0.283. The molecule has 1 fully saturated rings. The van der Waals surface area contributed by atoms with Gasteiger partial charge in [0.25, 0.3) is 0 Å². The van der Waals surface area contributed by atoms with Crippen LogP contribution in [0.1, 0.15) is 53.4 Å². The number of hydrogen-bond donors (Lipinski definition) is 0. The fourth-order valence-corrected chi connectivity index (χ4v) is 3.86. The highest BCUT2D eigenvalue weighted by Crippen LogP contribution is 2.30. The lowest BCUT2D eigenvalue weighted by molar-refractivity contribution is -0.697. The molecule has 0 radical (unpaired) electrons. The van der Waals surface area contributed by atoms with Gasteiger partial charge in [-0.1, -0.05) is 12.5 Å². The zero-order valence-corrected chi connectivity index (χ0v) is 21.3. The fourth-order valence-electron chi connectivity index (χ4n) is 3.86. The van der Waals surface area contributed by atoms with Crippen LogP contribution in [0.5, 0.6) is 0 Å². The minimum atomic E-state index is -1.22. The van der Waals surface area contributed by atoms with Crippen LogP contribution in [0.15, 0.2) is 30.6 Å². The third kappa shape index (κ3) is 10.3. The van der Waals surface area contributed by atoms with E-state index in [1.165, 1.54) is 27.7 Å². The Labute approximate surface area is 210 Å². The lowest BCUT2D eigenvalue weighted by Gasteiger charge is -2.44. The van der Waals surface area contributed by atoms with Gasteiger partial charge in [0.2, 0.25) is 0 Å². The number of unbranched alkanes of at least 4 members (excludes halogenated alkanes) is 3. The SMILES string of the molecule is CC(=O)OC[C@H]1O[C@@H](OCCCCCC[n+]2ccccc2)[C@H](OC(C)=O)[C@@H](OC(C)=O)[C@@H]1OC(C)=O. The van der Waals surface area contributed by atoms with E-state index in [1.54, 1.807) is 0 Å². The van der Waals surface area contributed by atoms with Crippen molar-refractivity contribution >= 4 is 23.9 Å². The molecule has 0 spiro atoms. The molecule has 2 heterocycles. The molecule has 5 atom stereocenters. The molecule has 1 aromatic heterocycles. The Morgan fingerprint density at radius 1 is 0.722 bits per heavy atom. The molecule has 0 aliphatic carbocycles. The van der Waals surface area contributed by atoms with Gasteiger partial charge in [0.05, 0.1) is 0 Å². The number of ether oxygens (including phenoxy) is 6. The minimum Gasteiger partial charge on any atom is -0.463 e. The van der Waals surface area contributed by atoms with Gasteiger partial charge in [-0.2, -0.15) is 0 Å². The number of rotatable bonds is 13. The van der Waals surface area contributed by atoms with Crippen molar-refractivity contribution in [1.29, 1.82) is 0 Å². The maximum absolute atomic E-state index is 11.8. The average molecular weight is 511 g/mol. The van der Waals surface area contributed by atoms with E-state index in [2.05, 4.69) is 4.57 Å². The summed E-state index contributed by atoms with van der Waals surface area (Å²) in [7, 11) is 0. The quantitative estimate of drug-likeness (QED) is 0.167. The second kappa shape index (κ2) is 15.1. The highest BCUT2D eigenvalue weighted by Gasteiger charge is 2.52. The van der Waals surface area contributed by atoms with Crippen molar-refractivity contribution in [2.75, 3.05) is 13.2 Å². The average Bonchev–Trinajstić information content (AvgIpc) is 2.80. The summed E-state index contributed by atoms with van der Waals surface area (Å²) >= 11 is 0. The molecule has 1 aliphatic heterocycles. The molecular weight excluding hydrogens is 474 g/mol. The first-order valence-corrected chi connectivity index (χ1v) is 12.0. The van der Waals surface area contributed by atoms with Crippen molar-refractivity contribution in [3.05, 3.63) is 30.6 Å². The number of carbonyl (C=O) groups is 4. The first kappa shape index (κ1) is 29.2. The van der Waals surface area contributed by atoms with Crippen LogP contribution in [0.2, 0.25) is 0 Å². The monoisotopic (exact) mass is 510 g/mol. The summed E-state index contributed by atoms with van der Waals surface area (Å²) in [6, 6.07) is 5.95. The molecule has 11 nitrogen and oxygen atoms in total. The van der Waals surface area contributed by atoms with Crippen molar-refractivity contribution in [2.45, 2.75) is 90.6 Å². The van der Waals surface area contributed by atoms with Gasteiger partial charge in [0, 0.05) is 52.9 Å². The van der Waals surface area contributed by atoms with Crippen LogP contribution in [-0.4, -0.2) is 67.8 Å². The van der Waals surface area contributed by atoms with E-state index in [0.29, 0.717) is 6.42 Å². The number of esters is 4. The van der Waals surface area contributed by atoms with Crippen LogP contribution >= 0.6 is 0 Å². The predicted octanol–water partition coefficient (Wildman–Crippen LogP) is 1.63. The van der Waals surface area contributed by atoms with E-state index >= 15 is 0 Å². The summed E-state index contributed by atoms with van der Waals surface area (Å²) in [5.41, 5.74) is 0. The Kier molecular flexibility index (Phi) is 12.3. The van der Waals surface area contributed by atoms with E-state index in [1.807, 2.05) is 30.6 Å². The van der Waals surface area contributed by atoms with Gasteiger partial charge in [-0.3, -0.25) is 19.2 Å². The predicted molar refractivity (Wildman–Crippen MR) is 123 cm³/mol. The number of aromatic nitrogens is 1. The maximum atomic E-state index is 11.8. The molecule has 36 heavy (non-hydrogen) atoms. The topological polar surface area (TPSA) is 128 Å². The summed E-state index contributed by atoms with van der Waals surface area (Å²) in [5.74, 6) is -2.59. The Morgan fingerprint density at radius 3 is 1.92 bits per heavy atom. The Hall–Kier alpha value is -3.05. The van der Waals surface area contributed by atoms with Crippen molar-refractivity contribution < 1.29 is 52.2 Å². The Morgan fingerprint density at radius 2 is 1.31 bits per heavy atom. The number of nitrogens with zero attached hydrogens (tertiary/aromatic N) is 1. The summed E-state index contributed by atoms with van der Waals surface area (Å²) in [6.45, 7) is 5.68. The standard InChI is InChI=1S/C25H36NO10/c1-17(27)32-16-21-22(33-18(2)28)23(34-19(3)29)24(35-20(4)30)25(36-21)31-15-11-6-5-8-12-26-13-9-7-10-14-26/h7,9-10,13-14,21-25H,5-6,8,11-12,15-16H2,1-4H3/q+1/t21-,22-,23+,24-,25-/m1/s1. The molecule has 200 valence electrons. The van der Waals surface area contributed by atoms with Crippen molar-refractivity contribution in [3.8, 4) is 0 Å². The second-order valence-electron chi connectivity index (χ2n) is 8.47. The second-order valence-corrected chi connectivity index (χ2v) is 8.47. The molecule has 11 heteroatoms. The first-order chi connectivity index (χ1) is 17.2. The lowest BCUT2D eigenvalue weighted by atomic mass is 9.98. The molecule has 1 aromatic rings. The molecular formula is C25H36NO10+. The lowest BCUT2D eigenvalue weighted by Crippen LogP contribution is -2.63. The van der Waals surface area contributed by atoms with Gasteiger partial charge in [-0.05, 0) is 12.8 Å². The fraction of sp³-hybridized carbons (Fsp3) is 0.640. The summed E-state index contributed by atoms with van der Waals surface area (Å²) in [6.07, 6.45) is 1.90. The molecule has 0 aromatic carbocycles. The van der Waals surface area contributed by atoms with Gasteiger partial charge in [-0.25, -0.2) is 4.57 Å². The zero-order valence-electron chi connectivity index (χ0n) is 21.3. The highest BCUT2D eigenvalue weighted by molar-refractivity contribution is 5.68. The normalized spacial score (nSPS) is 23.4.